The maximum atomic E-state index is 13.5. The first-order valence-electron chi connectivity index (χ1n) is 7.32. The number of H-pyrrole nitrogens is 1. The minimum absolute atomic E-state index is 0.157. The molecule has 2 nitrogen and oxygen atoms in total. The predicted octanol–water partition coefficient (Wildman–Crippen LogP) is 3.85. The SMILES string of the molecule is Cc1cccc(C2NCCc3c2[nH]c2ccc(F)cc32)c1. The first-order valence-corrected chi connectivity index (χ1v) is 7.32. The summed E-state index contributed by atoms with van der Waals surface area (Å²) in [6, 6.07) is 13.7. The van der Waals surface area contributed by atoms with Crippen molar-refractivity contribution < 1.29 is 4.39 Å². The molecule has 106 valence electrons. The summed E-state index contributed by atoms with van der Waals surface area (Å²) in [6.45, 7) is 3.02. The van der Waals surface area contributed by atoms with Gasteiger partial charge in [-0.25, -0.2) is 4.39 Å². The van der Waals surface area contributed by atoms with Crippen LogP contribution in [-0.2, 0) is 6.42 Å². The van der Waals surface area contributed by atoms with Gasteiger partial charge in [-0.2, -0.15) is 0 Å². The molecule has 1 unspecified atom stereocenters. The second-order valence-corrected chi connectivity index (χ2v) is 5.76. The molecule has 0 saturated carbocycles. The Hall–Kier alpha value is -2.13. The van der Waals surface area contributed by atoms with Gasteiger partial charge in [-0.05, 0) is 42.7 Å². The van der Waals surface area contributed by atoms with Crippen LogP contribution in [0.5, 0.6) is 0 Å². The molecule has 1 atom stereocenters. The molecule has 1 aliphatic rings. The third-order valence-electron chi connectivity index (χ3n) is 4.29. The van der Waals surface area contributed by atoms with Crippen LogP contribution in [0.4, 0.5) is 4.39 Å². The molecule has 21 heavy (non-hydrogen) atoms. The zero-order valence-electron chi connectivity index (χ0n) is 11.9. The van der Waals surface area contributed by atoms with E-state index < -0.39 is 0 Å². The third kappa shape index (κ3) is 2.05. The van der Waals surface area contributed by atoms with E-state index in [1.165, 1.54) is 28.5 Å². The maximum absolute atomic E-state index is 13.5. The fraction of sp³-hybridized carbons (Fsp3) is 0.222. The molecule has 2 N–H and O–H groups in total. The summed E-state index contributed by atoms with van der Waals surface area (Å²) in [5.74, 6) is -0.171. The first-order chi connectivity index (χ1) is 10.2. The van der Waals surface area contributed by atoms with Crippen LogP contribution in [-0.4, -0.2) is 11.5 Å². The van der Waals surface area contributed by atoms with Crippen LogP contribution in [0.3, 0.4) is 0 Å². The molecule has 0 fully saturated rings. The molecular formula is C18H17FN2. The molecule has 0 bridgehead atoms. The summed E-state index contributed by atoms with van der Waals surface area (Å²) in [4.78, 5) is 3.48. The van der Waals surface area contributed by atoms with Gasteiger partial charge in [0, 0.05) is 23.1 Å². The summed E-state index contributed by atoms with van der Waals surface area (Å²) in [5.41, 5.74) is 5.94. The molecule has 3 aromatic rings. The highest BCUT2D eigenvalue weighted by Crippen LogP contribution is 2.33. The Morgan fingerprint density at radius 2 is 2.05 bits per heavy atom. The number of aromatic nitrogens is 1. The first kappa shape index (κ1) is 12.6. The van der Waals surface area contributed by atoms with Crippen molar-refractivity contribution in [3.05, 3.63) is 70.7 Å². The Labute approximate surface area is 123 Å². The second-order valence-electron chi connectivity index (χ2n) is 5.76. The van der Waals surface area contributed by atoms with Crippen LogP contribution in [0.1, 0.15) is 28.4 Å². The van der Waals surface area contributed by atoms with Crippen molar-refractivity contribution in [3.8, 4) is 0 Å². The van der Waals surface area contributed by atoms with E-state index in [9.17, 15) is 4.39 Å². The summed E-state index contributed by atoms with van der Waals surface area (Å²) >= 11 is 0. The number of rotatable bonds is 1. The molecule has 0 aliphatic carbocycles. The zero-order valence-corrected chi connectivity index (χ0v) is 11.9. The zero-order chi connectivity index (χ0) is 14.4. The van der Waals surface area contributed by atoms with E-state index in [2.05, 4.69) is 41.5 Å². The van der Waals surface area contributed by atoms with E-state index in [1.54, 1.807) is 6.07 Å². The molecule has 2 heterocycles. The average Bonchev–Trinajstić information content (AvgIpc) is 2.85. The van der Waals surface area contributed by atoms with Crippen LogP contribution in [0.15, 0.2) is 42.5 Å². The molecule has 2 aromatic carbocycles. The van der Waals surface area contributed by atoms with Gasteiger partial charge in [0.15, 0.2) is 0 Å². The van der Waals surface area contributed by atoms with Crippen molar-refractivity contribution in [2.75, 3.05) is 6.54 Å². The molecule has 1 aromatic heterocycles. The normalized spacial score (nSPS) is 17.9. The minimum atomic E-state index is -0.171. The lowest BCUT2D eigenvalue weighted by atomic mass is 9.93. The topological polar surface area (TPSA) is 27.8 Å². The van der Waals surface area contributed by atoms with Crippen LogP contribution < -0.4 is 5.32 Å². The lowest BCUT2D eigenvalue weighted by molar-refractivity contribution is 0.560. The van der Waals surface area contributed by atoms with E-state index >= 15 is 0 Å². The molecule has 0 spiro atoms. The van der Waals surface area contributed by atoms with Crippen LogP contribution >= 0.6 is 0 Å². The van der Waals surface area contributed by atoms with Gasteiger partial charge in [0.25, 0.3) is 0 Å². The molecular weight excluding hydrogens is 263 g/mol. The van der Waals surface area contributed by atoms with Crippen LogP contribution in [0.2, 0.25) is 0 Å². The number of aromatic amines is 1. The van der Waals surface area contributed by atoms with Gasteiger partial charge >= 0.3 is 0 Å². The van der Waals surface area contributed by atoms with Crippen molar-refractivity contribution in [2.24, 2.45) is 0 Å². The van der Waals surface area contributed by atoms with Crippen molar-refractivity contribution in [1.29, 1.82) is 0 Å². The van der Waals surface area contributed by atoms with E-state index in [0.29, 0.717) is 0 Å². The lowest BCUT2D eigenvalue weighted by Gasteiger charge is -2.25. The third-order valence-corrected chi connectivity index (χ3v) is 4.29. The Morgan fingerprint density at radius 3 is 2.90 bits per heavy atom. The summed E-state index contributed by atoms with van der Waals surface area (Å²) in [6.07, 6.45) is 0.932. The van der Waals surface area contributed by atoms with E-state index in [1.807, 2.05) is 6.07 Å². The van der Waals surface area contributed by atoms with E-state index in [0.717, 1.165) is 23.9 Å². The predicted molar refractivity (Wildman–Crippen MR) is 83.0 cm³/mol. The summed E-state index contributed by atoms with van der Waals surface area (Å²) in [7, 11) is 0. The number of hydrogen-bond acceptors (Lipinski definition) is 1. The number of aryl methyl sites for hydroxylation is 1. The van der Waals surface area contributed by atoms with Crippen LogP contribution in [0.25, 0.3) is 10.9 Å². The maximum Gasteiger partial charge on any atom is 0.123 e. The smallest absolute Gasteiger partial charge is 0.123 e. The highest BCUT2D eigenvalue weighted by Gasteiger charge is 2.25. The highest BCUT2D eigenvalue weighted by molar-refractivity contribution is 5.85. The Morgan fingerprint density at radius 1 is 1.14 bits per heavy atom. The van der Waals surface area contributed by atoms with Crippen molar-refractivity contribution >= 4 is 10.9 Å². The largest absolute Gasteiger partial charge is 0.357 e. The van der Waals surface area contributed by atoms with Crippen molar-refractivity contribution in [3.63, 3.8) is 0 Å². The monoisotopic (exact) mass is 280 g/mol. The lowest BCUT2D eigenvalue weighted by Crippen LogP contribution is -2.30. The number of fused-ring (bicyclic) bond motifs is 3. The highest BCUT2D eigenvalue weighted by atomic mass is 19.1. The van der Waals surface area contributed by atoms with Gasteiger partial charge < -0.3 is 10.3 Å². The number of benzene rings is 2. The Bertz CT molecular complexity index is 819. The van der Waals surface area contributed by atoms with Crippen LogP contribution in [0, 0.1) is 12.7 Å². The molecule has 4 rings (SSSR count). The van der Waals surface area contributed by atoms with Gasteiger partial charge in [-0.1, -0.05) is 29.8 Å². The molecule has 0 saturated heterocycles. The minimum Gasteiger partial charge on any atom is -0.357 e. The Kier molecular flexibility index (Phi) is 2.82. The number of halogens is 1. The summed E-state index contributed by atoms with van der Waals surface area (Å²) in [5, 5.41) is 4.59. The van der Waals surface area contributed by atoms with Gasteiger partial charge in [0.2, 0.25) is 0 Å². The van der Waals surface area contributed by atoms with Gasteiger partial charge in [-0.3, -0.25) is 0 Å². The molecule has 1 aliphatic heterocycles. The van der Waals surface area contributed by atoms with Gasteiger partial charge in [0.1, 0.15) is 5.82 Å². The fourth-order valence-corrected chi connectivity index (χ4v) is 3.33. The van der Waals surface area contributed by atoms with Crippen molar-refractivity contribution in [1.82, 2.24) is 10.3 Å². The standard InChI is InChI=1S/C18H17FN2/c1-11-3-2-4-12(9-11)17-18-14(7-8-20-17)15-10-13(19)5-6-16(15)21-18/h2-6,9-10,17,20-21H,7-8H2,1H3. The summed E-state index contributed by atoms with van der Waals surface area (Å²) < 4.78 is 13.5. The molecule has 0 amide bonds. The Balaban J connectivity index is 1.90. The van der Waals surface area contributed by atoms with E-state index in [-0.39, 0.29) is 11.9 Å². The van der Waals surface area contributed by atoms with Gasteiger partial charge in [0.05, 0.1) is 6.04 Å². The van der Waals surface area contributed by atoms with Crippen molar-refractivity contribution in [2.45, 2.75) is 19.4 Å². The quantitative estimate of drug-likeness (QED) is 0.696. The van der Waals surface area contributed by atoms with Gasteiger partial charge in [-0.15, -0.1) is 0 Å². The second kappa shape index (κ2) is 4.71. The number of hydrogen-bond donors (Lipinski definition) is 2. The number of nitrogens with one attached hydrogen (secondary N) is 2. The average molecular weight is 280 g/mol. The molecule has 3 heteroatoms. The fourth-order valence-electron chi connectivity index (χ4n) is 3.33. The molecule has 0 radical (unpaired) electrons. The van der Waals surface area contributed by atoms with E-state index in [4.69, 9.17) is 0 Å².